The standard InChI is InChI=1S/C36H44BNO4/c1-23(2)26-18-13-19-27(24(3)4)32(26)20-25(37-41-35(5,6)36(7,8)42-37)21-38-34(39)40-22-33-30-16-11-9-14-28(30)29-15-10-12-17-31(29)33/h9-20,23-24,33H,21-22H2,1-8H3,(H,38,39). The fraction of sp³-hybridized carbons (Fsp3) is 0.417. The van der Waals surface area contributed by atoms with E-state index in [0.29, 0.717) is 11.8 Å². The van der Waals surface area contributed by atoms with Crippen LogP contribution in [0, 0.1) is 0 Å². The molecule has 1 N–H and O–H groups in total. The van der Waals surface area contributed by atoms with Gasteiger partial charge in [-0.25, -0.2) is 4.79 Å². The first kappa shape index (κ1) is 30.1. The zero-order valence-electron chi connectivity index (χ0n) is 26.3. The third-order valence-electron chi connectivity index (χ3n) is 9.08. The van der Waals surface area contributed by atoms with Crippen LogP contribution in [-0.4, -0.2) is 37.6 Å². The molecule has 0 unspecified atom stereocenters. The Morgan fingerprint density at radius 1 is 0.833 bits per heavy atom. The molecule has 1 saturated heterocycles. The summed E-state index contributed by atoms with van der Waals surface area (Å²) in [5.41, 5.74) is 8.34. The van der Waals surface area contributed by atoms with E-state index in [1.807, 2.05) is 39.8 Å². The maximum absolute atomic E-state index is 13.2. The Hall–Kier alpha value is -3.35. The van der Waals surface area contributed by atoms with Crippen LogP contribution >= 0.6 is 0 Å². The van der Waals surface area contributed by atoms with Crippen LogP contribution in [0.4, 0.5) is 4.79 Å². The third-order valence-corrected chi connectivity index (χ3v) is 9.08. The molecule has 0 radical (unpaired) electrons. The monoisotopic (exact) mass is 565 g/mol. The lowest BCUT2D eigenvalue weighted by Gasteiger charge is -2.32. The summed E-state index contributed by atoms with van der Waals surface area (Å²) in [6, 6.07) is 23.2. The molecule has 3 aromatic rings. The van der Waals surface area contributed by atoms with Gasteiger partial charge >= 0.3 is 13.2 Å². The third kappa shape index (κ3) is 5.80. The Morgan fingerprint density at radius 3 is 1.83 bits per heavy atom. The van der Waals surface area contributed by atoms with Crippen molar-refractivity contribution >= 4 is 19.3 Å². The minimum absolute atomic E-state index is 0.00720. The molecule has 3 aromatic carbocycles. The number of hydrogen-bond acceptors (Lipinski definition) is 4. The quantitative estimate of drug-likeness (QED) is 0.278. The molecule has 0 saturated carbocycles. The number of benzene rings is 3. The van der Waals surface area contributed by atoms with E-state index in [1.165, 1.54) is 38.9 Å². The predicted molar refractivity (Wildman–Crippen MR) is 172 cm³/mol. The highest BCUT2D eigenvalue weighted by Gasteiger charge is 2.52. The summed E-state index contributed by atoms with van der Waals surface area (Å²) < 4.78 is 18.8. The lowest BCUT2D eigenvalue weighted by molar-refractivity contribution is 0.00578. The first-order chi connectivity index (χ1) is 19.9. The van der Waals surface area contributed by atoms with E-state index in [9.17, 15) is 4.79 Å². The largest absolute Gasteiger partial charge is 0.492 e. The fourth-order valence-electron chi connectivity index (χ4n) is 5.98. The van der Waals surface area contributed by atoms with Gasteiger partial charge in [0.05, 0.1) is 11.2 Å². The molecule has 5 nitrogen and oxygen atoms in total. The van der Waals surface area contributed by atoms with Gasteiger partial charge in [0.15, 0.2) is 0 Å². The van der Waals surface area contributed by atoms with E-state index in [0.717, 1.165) is 5.47 Å². The van der Waals surface area contributed by atoms with Crippen molar-refractivity contribution < 1.29 is 18.8 Å². The molecule has 1 aliphatic carbocycles. The van der Waals surface area contributed by atoms with Gasteiger partial charge in [-0.15, -0.1) is 0 Å². The molecule has 220 valence electrons. The molecule has 6 heteroatoms. The second kappa shape index (κ2) is 11.7. The van der Waals surface area contributed by atoms with E-state index in [2.05, 4.69) is 93.7 Å². The van der Waals surface area contributed by atoms with Crippen LogP contribution in [0.25, 0.3) is 17.2 Å². The molecule has 1 aliphatic heterocycles. The zero-order valence-corrected chi connectivity index (χ0v) is 26.3. The fourth-order valence-corrected chi connectivity index (χ4v) is 5.98. The number of nitrogens with one attached hydrogen (secondary N) is 1. The topological polar surface area (TPSA) is 56.8 Å². The molecule has 1 fully saturated rings. The Labute approximate surface area is 251 Å². The van der Waals surface area contributed by atoms with Crippen molar-refractivity contribution in [3.63, 3.8) is 0 Å². The molecule has 0 bridgehead atoms. The van der Waals surface area contributed by atoms with E-state index in [-0.39, 0.29) is 19.1 Å². The lowest BCUT2D eigenvalue weighted by Crippen LogP contribution is -2.41. The Balaban J connectivity index is 1.38. The van der Waals surface area contributed by atoms with E-state index < -0.39 is 24.4 Å². The average Bonchev–Trinajstić information content (AvgIpc) is 3.38. The van der Waals surface area contributed by atoms with Crippen LogP contribution < -0.4 is 5.32 Å². The second-order valence-corrected chi connectivity index (χ2v) is 13.1. The number of alkyl carbamates (subject to hydrolysis) is 1. The van der Waals surface area contributed by atoms with Gasteiger partial charge in [-0.3, -0.25) is 0 Å². The molecule has 1 amide bonds. The summed E-state index contributed by atoms with van der Waals surface area (Å²) in [4.78, 5) is 13.2. The lowest BCUT2D eigenvalue weighted by atomic mass is 9.75. The number of fused-ring (bicyclic) bond motifs is 3. The first-order valence-electron chi connectivity index (χ1n) is 15.2. The van der Waals surface area contributed by atoms with Crippen molar-refractivity contribution in [1.29, 1.82) is 0 Å². The number of ether oxygens (including phenoxy) is 1. The van der Waals surface area contributed by atoms with Gasteiger partial charge < -0.3 is 19.4 Å². The van der Waals surface area contributed by atoms with Crippen molar-refractivity contribution in [3.05, 3.63) is 100 Å². The summed E-state index contributed by atoms with van der Waals surface area (Å²) in [6.07, 6.45) is 1.71. The maximum atomic E-state index is 13.2. The second-order valence-electron chi connectivity index (χ2n) is 13.1. The average molecular weight is 566 g/mol. The van der Waals surface area contributed by atoms with Crippen molar-refractivity contribution in [2.75, 3.05) is 13.2 Å². The molecular weight excluding hydrogens is 521 g/mol. The molecule has 5 rings (SSSR count). The predicted octanol–water partition coefficient (Wildman–Crippen LogP) is 8.49. The summed E-state index contributed by atoms with van der Waals surface area (Å²) in [6.45, 7) is 17.5. The Morgan fingerprint density at radius 2 is 1.33 bits per heavy atom. The van der Waals surface area contributed by atoms with Crippen molar-refractivity contribution in [1.82, 2.24) is 5.32 Å². The summed E-state index contributed by atoms with van der Waals surface area (Å²) >= 11 is 0. The Bertz CT molecular complexity index is 1400. The van der Waals surface area contributed by atoms with Gasteiger partial charge in [-0.05, 0) is 83.9 Å². The van der Waals surface area contributed by atoms with Crippen LogP contribution in [0.15, 0.2) is 72.2 Å². The SMILES string of the molecule is CC(C)c1cccc(C(C)C)c1C=C(CNC(=O)OCC1c2ccccc2-c2ccccc21)B1OC(C)(C)C(C)(C)O1. The summed E-state index contributed by atoms with van der Waals surface area (Å²) in [5.74, 6) is 0.682. The van der Waals surface area contributed by atoms with Crippen LogP contribution in [0.3, 0.4) is 0 Å². The maximum Gasteiger partial charge on any atom is 0.492 e. The van der Waals surface area contributed by atoms with E-state index in [1.54, 1.807) is 0 Å². The van der Waals surface area contributed by atoms with Crippen molar-refractivity contribution in [2.45, 2.75) is 84.3 Å². The van der Waals surface area contributed by atoms with Crippen molar-refractivity contribution in [2.24, 2.45) is 0 Å². The van der Waals surface area contributed by atoms with Crippen LogP contribution in [0.1, 0.15) is 101 Å². The molecular formula is C36H44BNO4. The van der Waals surface area contributed by atoms with Gasteiger partial charge in [0.2, 0.25) is 0 Å². The van der Waals surface area contributed by atoms with Crippen LogP contribution in [0.2, 0.25) is 0 Å². The minimum Gasteiger partial charge on any atom is -0.449 e. The zero-order chi connectivity index (χ0) is 30.2. The Kier molecular flexibility index (Phi) is 8.42. The summed E-state index contributed by atoms with van der Waals surface area (Å²) in [5, 5.41) is 3.01. The number of hydrogen-bond donors (Lipinski definition) is 1. The molecule has 0 aromatic heterocycles. The normalized spacial score (nSPS) is 17.5. The van der Waals surface area contributed by atoms with Gasteiger partial charge in [0.25, 0.3) is 0 Å². The van der Waals surface area contributed by atoms with Crippen molar-refractivity contribution in [3.8, 4) is 11.1 Å². The van der Waals surface area contributed by atoms with Gasteiger partial charge in [-0.2, -0.15) is 0 Å². The highest BCUT2D eigenvalue weighted by molar-refractivity contribution is 6.56. The highest BCUT2D eigenvalue weighted by atomic mass is 16.7. The van der Waals surface area contributed by atoms with E-state index >= 15 is 0 Å². The summed E-state index contributed by atoms with van der Waals surface area (Å²) in [7, 11) is -0.593. The molecule has 0 spiro atoms. The molecule has 42 heavy (non-hydrogen) atoms. The highest BCUT2D eigenvalue weighted by Crippen LogP contribution is 2.44. The smallest absolute Gasteiger partial charge is 0.449 e. The first-order valence-corrected chi connectivity index (χ1v) is 15.2. The van der Waals surface area contributed by atoms with Gasteiger partial charge in [0.1, 0.15) is 6.61 Å². The minimum atomic E-state index is -0.593. The number of carbonyl (C=O) groups excluding carboxylic acids is 1. The number of amides is 1. The molecule has 2 aliphatic rings. The van der Waals surface area contributed by atoms with Crippen LogP contribution in [0.5, 0.6) is 0 Å². The molecule has 1 heterocycles. The number of rotatable bonds is 8. The van der Waals surface area contributed by atoms with Gasteiger partial charge in [-0.1, -0.05) is 101 Å². The van der Waals surface area contributed by atoms with E-state index in [4.69, 9.17) is 14.0 Å². The molecule has 0 atom stereocenters. The van der Waals surface area contributed by atoms with Crippen LogP contribution in [-0.2, 0) is 14.0 Å². The number of carbonyl (C=O) groups is 1. The van der Waals surface area contributed by atoms with Gasteiger partial charge in [0, 0.05) is 12.5 Å².